The molecule has 0 bridgehead atoms. The average Bonchev–Trinajstić information content (AvgIpc) is 2.80. The molecule has 2 aromatic rings. The quantitative estimate of drug-likeness (QED) is 0.859. The highest BCUT2D eigenvalue weighted by atomic mass is 19.1. The summed E-state index contributed by atoms with van der Waals surface area (Å²) < 4.78 is 31.2. The monoisotopic (exact) mass is 253 g/mol. The van der Waals surface area contributed by atoms with Gasteiger partial charge in [0.15, 0.2) is 0 Å². The Hall–Kier alpha value is -1.72. The van der Waals surface area contributed by atoms with Crippen LogP contribution in [-0.2, 0) is 19.7 Å². The van der Waals surface area contributed by atoms with Gasteiger partial charge in [-0.3, -0.25) is 0 Å². The number of aliphatic hydroxyl groups is 1. The molecule has 96 valence electrons. The van der Waals surface area contributed by atoms with Crippen molar-refractivity contribution >= 4 is 0 Å². The van der Waals surface area contributed by atoms with Gasteiger partial charge in [-0.2, -0.15) is 0 Å². The van der Waals surface area contributed by atoms with Crippen molar-refractivity contribution in [3.63, 3.8) is 0 Å². The van der Waals surface area contributed by atoms with E-state index in [4.69, 9.17) is 9.52 Å². The van der Waals surface area contributed by atoms with E-state index >= 15 is 0 Å². The maximum absolute atomic E-state index is 13.3. The number of benzene rings is 1. The summed E-state index contributed by atoms with van der Waals surface area (Å²) in [7, 11) is 0. The first-order valence-corrected chi connectivity index (χ1v) is 5.52. The Morgan fingerprint density at radius 3 is 2.50 bits per heavy atom. The molecule has 0 unspecified atom stereocenters. The number of rotatable bonds is 5. The topological polar surface area (TPSA) is 45.4 Å². The normalized spacial score (nSPS) is 10.8. The van der Waals surface area contributed by atoms with E-state index in [1.165, 1.54) is 12.1 Å². The van der Waals surface area contributed by atoms with Crippen LogP contribution in [0.25, 0.3) is 0 Å². The third-order valence-corrected chi connectivity index (χ3v) is 2.50. The highest BCUT2D eigenvalue weighted by molar-refractivity contribution is 5.18. The Bertz CT molecular complexity index is 525. The van der Waals surface area contributed by atoms with Crippen LogP contribution in [0.15, 0.2) is 34.7 Å². The average molecular weight is 253 g/mol. The highest BCUT2D eigenvalue weighted by Gasteiger charge is 2.04. The van der Waals surface area contributed by atoms with Crippen LogP contribution in [0.1, 0.15) is 17.1 Å². The van der Waals surface area contributed by atoms with Crippen LogP contribution in [0, 0.1) is 11.6 Å². The minimum Gasteiger partial charge on any atom is -0.462 e. The molecule has 0 saturated carbocycles. The molecule has 0 aliphatic carbocycles. The van der Waals surface area contributed by atoms with Crippen molar-refractivity contribution in [2.45, 2.75) is 19.7 Å². The van der Waals surface area contributed by atoms with E-state index in [1.807, 2.05) is 0 Å². The summed E-state index contributed by atoms with van der Waals surface area (Å²) in [5, 5.41) is 11.8. The Morgan fingerprint density at radius 1 is 1.06 bits per heavy atom. The lowest BCUT2D eigenvalue weighted by Gasteiger charge is -2.04. The molecular formula is C13H13F2NO2. The van der Waals surface area contributed by atoms with E-state index in [1.54, 1.807) is 12.1 Å². The maximum atomic E-state index is 13.3. The van der Waals surface area contributed by atoms with Crippen molar-refractivity contribution in [1.29, 1.82) is 0 Å². The van der Waals surface area contributed by atoms with Gasteiger partial charge in [-0.25, -0.2) is 8.78 Å². The summed E-state index contributed by atoms with van der Waals surface area (Å²) in [6, 6.07) is 6.89. The molecule has 0 atom stereocenters. The van der Waals surface area contributed by atoms with Gasteiger partial charge in [-0.15, -0.1) is 0 Å². The molecule has 1 aromatic heterocycles. The molecule has 0 spiro atoms. The fraction of sp³-hybridized carbons (Fsp3) is 0.231. The summed E-state index contributed by atoms with van der Waals surface area (Å²) in [5.74, 6) is -0.0193. The minimum absolute atomic E-state index is 0.146. The zero-order valence-electron chi connectivity index (χ0n) is 9.62. The second-order valence-electron chi connectivity index (χ2n) is 3.87. The van der Waals surface area contributed by atoms with Crippen LogP contribution >= 0.6 is 0 Å². The number of furan rings is 1. The van der Waals surface area contributed by atoms with Gasteiger partial charge in [0.25, 0.3) is 0 Å². The number of aliphatic hydroxyl groups excluding tert-OH is 1. The lowest BCUT2D eigenvalue weighted by molar-refractivity contribution is 0.242. The minimum atomic E-state index is -0.588. The lowest BCUT2D eigenvalue weighted by atomic mass is 10.2. The molecule has 0 aliphatic rings. The van der Waals surface area contributed by atoms with Gasteiger partial charge < -0.3 is 14.8 Å². The number of hydrogen-bond donors (Lipinski definition) is 2. The number of hydrogen-bond acceptors (Lipinski definition) is 3. The molecule has 0 radical (unpaired) electrons. The van der Waals surface area contributed by atoms with Crippen LogP contribution < -0.4 is 5.32 Å². The molecule has 0 amide bonds. The van der Waals surface area contributed by atoms with E-state index in [2.05, 4.69) is 5.32 Å². The molecular weight excluding hydrogens is 240 g/mol. The number of nitrogens with one attached hydrogen (secondary N) is 1. The Balaban J connectivity index is 1.88. The Morgan fingerprint density at radius 2 is 1.83 bits per heavy atom. The van der Waals surface area contributed by atoms with Crippen molar-refractivity contribution in [1.82, 2.24) is 5.32 Å². The summed E-state index contributed by atoms with van der Waals surface area (Å²) >= 11 is 0. The molecule has 0 saturated heterocycles. The third-order valence-electron chi connectivity index (χ3n) is 2.50. The van der Waals surface area contributed by atoms with Crippen LogP contribution in [0.3, 0.4) is 0 Å². The van der Waals surface area contributed by atoms with Gasteiger partial charge in [-0.05, 0) is 18.2 Å². The van der Waals surface area contributed by atoms with E-state index in [0.29, 0.717) is 23.6 Å². The van der Waals surface area contributed by atoms with Gasteiger partial charge in [0.2, 0.25) is 0 Å². The predicted molar refractivity (Wildman–Crippen MR) is 61.5 cm³/mol. The van der Waals surface area contributed by atoms with Crippen LogP contribution in [0.4, 0.5) is 8.78 Å². The number of halogens is 2. The molecule has 1 aromatic carbocycles. The molecule has 2 rings (SSSR count). The Kier molecular flexibility index (Phi) is 4.07. The second-order valence-corrected chi connectivity index (χ2v) is 3.87. The summed E-state index contributed by atoms with van der Waals surface area (Å²) in [6.07, 6.45) is 0. The molecule has 3 nitrogen and oxygen atoms in total. The zero-order valence-corrected chi connectivity index (χ0v) is 9.62. The van der Waals surface area contributed by atoms with Crippen molar-refractivity contribution in [2.24, 2.45) is 0 Å². The molecule has 0 aliphatic heterocycles. The van der Waals surface area contributed by atoms with E-state index in [9.17, 15) is 8.78 Å². The standard InChI is InChI=1S/C13H13F2NO2/c14-10-2-1-9(13(15)5-10)6-16-7-11-3-4-12(8-17)18-11/h1-5,16-17H,6-8H2. The second kappa shape index (κ2) is 5.75. The van der Waals surface area contributed by atoms with Crippen LogP contribution in [-0.4, -0.2) is 5.11 Å². The molecule has 18 heavy (non-hydrogen) atoms. The van der Waals surface area contributed by atoms with Gasteiger partial charge >= 0.3 is 0 Å². The van der Waals surface area contributed by atoms with Gasteiger partial charge in [0.1, 0.15) is 29.8 Å². The van der Waals surface area contributed by atoms with Crippen molar-refractivity contribution in [3.05, 3.63) is 59.1 Å². The fourth-order valence-corrected chi connectivity index (χ4v) is 1.59. The third kappa shape index (κ3) is 3.15. The van der Waals surface area contributed by atoms with Crippen molar-refractivity contribution in [2.75, 3.05) is 0 Å². The van der Waals surface area contributed by atoms with E-state index < -0.39 is 11.6 Å². The first-order valence-electron chi connectivity index (χ1n) is 5.52. The van der Waals surface area contributed by atoms with Gasteiger partial charge in [0.05, 0.1) is 6.54 Å². The first kappa shape index (κ1) is 12.7. The maximum Gasteiger partial charge on any atom is 0.130 e. The fourth-order valence-electron chi connectivity index (χ4n) is 1.59. The van der Waals surface area contributed by atoms with Crippen molar-refractivity contribution in [3.8, 4) is 0 Å². The predicted octanol–water partition coefficient (Wildman–Crippen LogP) is 2.34. The molecule has 0 fully saturated rings. The van der Waals surface area contributed by atoms with Crippen LogP contribution in [0.5, 0.6) is 0 Å². The van der Waals surface area contributed by atoms with Crippen molar-refractivity contribution < 1.29 is 18.3 Å². The summed E-state index contributed by atoms with van der Waals surface area (Å²) in [6.45, 7) is 0.546. The Labute approximate surface area is 103 Å². The summed E-state index contributed by atoms with van der Waals surface area (Å²) in [4.78, 5) is 0. The van der Waals surface area contributed by atoms with Crippen LogP contribution in [0.2, 0.25) is 0 Å². The molecule has 1 heterocycles. The molecule has 2 N–H and O–H groups in total. The SMILES string of the molecule is OCc1ccc(CNCc2ccc(F)cc2F)o1. The van der Waals surface area contributed by atoms with E-state index in [-0.39, 0.29) is 13.2 Å². The first-order chi connectivity index (χ1) is 8.69. The van der Waals surface area contributed by atoms with Gasteiger partial charge in [-0.1, -0.05) is 6.07 Å². The largest absolute Gasteiger partial charge is 0.462 e. The smallest absolute Gasteiger partial charge is 0.130 e. The zero-order chi connectivity index (χ0) is 13.0. The van der Waals surface area contributed by atoms with E-state index in [0.717, 1.165) is 6.07 Å². The lowest BCUT2D eigenvalue weighted by Crippen LogP contribution is -2.13. The van der Waals surface area contributed by atoms with Gasteiger partial charge in [0, 0.05) is 18.2 Å². The molecule has 5 heteroatoms. The highest BCUT2D eigenvalue weighted by Crippen LogP contribution is 2.10. The summed E-state index contributed by atoms with van der Waals surface area (Å²) in [5.41, 5.74) is 0.394.